The van der Waals surface area contributed by atoms with Gasteiger partial charge in [-0.15, -0.1) is 0 Å². The maximum Gasteiger partial charge on any atom is 0.219 e. The molecule has 0 aromatic heterocycles. The van der Waals surface area contributed by atoms with E-state index in [-0.39, 0.29) is 0 Å². The van der Waals surface area contributed by atoms with Crippen molar-refractivity contribution >= 4 is 34.8 Å². The second kappa shape index (κ2) is 3.43. The first kappa shape index (κ1) is 8.84. The highest BCUT2D eigenvalue weighted by Gasteiger charge is 2.36. The molecule has 0 bridgehead atoms. The minimum Gasteiger partial charge on any atom is -0.206 e. The predicted octanol–water partition coefficient (Wildman–Crippen LogP) is 2.01. The molecule has 0 saturated carbocycles. The zero-order valence-corrected chi connectivity index (χ0v) is 7.12. The van der Waals surface area contributed by atoms with Crippen molar-refractivity contribution < 1.29 is 14.8 Å². The lowest BCUT2D eigenvalue weighted by molar-refractivity contribution is -0.548. The molecule has 1 aliphatic rings. The number of halogens is 3. The Labute approximate surface area is 72.9 Å². The summed E-state index contributed by atoms with van der Waals surface area (Å²) in [6.45, 7) is 0.374. The Kier molecular flexibility index (Phi) is 3.03. The van der Waals surface area contributed by atoms with Crippen LogP contribution >= 0.6 is 34.8 Å². The van der Waals surface area contributed by atoms with E-state index in [9.17, 15) is 0 Å². The van der Waals surface area contributed by atoms with Gasteiger partial charge in [0.25, 0.3) is 0 Å². The number of hydrogen-bond donors (Lipinski definition) is 0. The molecule has 0 radical (unpaired) electrons. The van der Waals surface area contributed by atoms with Crippen LogP contribution in [-0.4, -0.2) is 16.5 Å². The molecular weight excluding hydrogens is 202 g/mol. The topological polar surface area (TPSA) is 27.7 Å². The molecule has 1 fully saturated rings. The predicted molar refractivity (Wildman–Crippen MR) is 36.8 cm³/mol. The molecule has 60 valence electrons. The summed E-state index contributed by atoms with van der Waals surface area (Å²) in [6.07, 6.45) is -0.0394. The highest BCUT2D eigenvalue weighted by Crippen LogP contribution is 2.35. The van der Waals surface area contributed by atoms with Crippen LogP contribution in [0.2, 0.25) is 0 Å². The van der Waals surface area contributed by atoms with Gasteiger partial charge in [-0.2, -0.15) is 4.89 Å². The first-order valence-electron chi connectivity index (χ1n) is 2.62. The largest absolute Gasteiger partial charge is 0.219 e. The Balaban J connectivity index is 2.39. The van der Waals surface area contributed by atoms with Gasteiger partial charge in [-0.05, 0) is 0 Å². The Hall–Kier alpha value is 0.750. The molecule has 3 nitrogen and oxygen atoms in total. The van der Waals surface area contributed by atoms with Gasteiger partial charge in [0.2, 0.25) is 3.79 Å². The Morgan fingerprint density at radius 1 is 1.30 bits per heavy atom. The van der Waals surface area contributed by atoms with Crippen LogP contribution in [-0.2, 0) is 14.8 Å². The lowest BCUT2D eigenvalue weighted by Crippen LogP contribution is -2.33. The number of rotatable bonds is 0. The molecule has 10 heavy (non-hydrogen) atoms. The van der Waals surface area contributed by atoms with Crippen LogP contribution in [0.4, 0.5) is 0 Å². The SMILES string of the molecule is ClC(Cl)(Cl)C1CCOOO1. The first-order chi connectivity index (χ1) is 4.61. The number of alkyl halides is 3. The molecule has 1 aliphatic heterocycles. The van der Waals surface area contributed by atoms with Crippen molar-refractivity contribution in [2.45, 2.75) is 16.3 Å². The summed E-state index contributed by atoms with van der Waals surface area (Å²) in [6, 6.07) is 0. The van der Waals surface area contributed by atoms with Crippen LogP contribution in [0, 0.1) is 0 Å². The van der Waals surface area contributed by atoms with Gasteiger partial charge in [0.05, 0.1) is 6.61 Å². The minimum atomic E-state index is -1.44. The van der Waals surface area contributed by atoms with Crippen LogP contribution in [0.15, 0.2) is 0 Å². The van der Waals surface area contributed by atoms with Crippen molar-refractivity contribution in [3.8, 4) is 0 Å². The van der Waals surface area contributed by atoms with Gasteiger partial charge in [-0.1, -0.05) is 39.8 Å². The van der Waals surface area contributed by atoms with E-state index < -0.39 is 9.90 Å². The Bertz CT molecular complexity index is 107. The van der Waals surface area contributed by atoms with Gasteiger partial charge in [0.15, 0.2) is 0 Å². The molecule has 0 aromatic rings. The van der Waals surface area contributed by atoms with Crippen molar-refractivity contribution in [1.82, 2.24) is 0 Å². The molecule has 6 heteroatoms. The lowest BCUT2D eigenvalue weighted by atomic mass is 10.3. The van der Waals surface area contributed by atoms with Gasteiger partial charge in [0.1, 0.15) is 6.10 Å². The quantitative estimate of drug-likeness (QED) is 0.449. The first-order valence-corrected chi connectivity index (χ1v) is 3.76. The third-order valence-corrected chi connectivity index (χ3v) is 1.76. The van der Waals surface area contributed by atoms with E-state index in [1.807, 2.05) is 0 Å². The summed E-state index contributed by atoms with van der Waals surface area (Å²) in [7, 11) is 0. The molecule has 1 unspecified atom stereocenters. The normalized spacial score (nSPS) is 28.5. The highest BCUT2D eigenvalue weighted by molar-refractivity contribution is 6.68. The van der Waals surface area contributed by atoms with Gasteiger partial charge >= 0.3 is 0 Å². The van der Waals surface area contributed by atoms with E-state index in [4.69, 9.17) is 34.8 Å². The second-order valence-corrected chi connectivity index (χ2v) is 4.17. The van der Waals surface area contributed by atoms with Gasteiger partial charge in [0, 0.05) is 6.42 Å². The fourth-order valence-corrected chi connectivity index (χ4v) is 0.967. The fraction of sp³-hybridized carbons (Fsp3) is 1.00. The van der Waals surface area contributed by atoms with E-state index in [1.54, 1.807) is 0 Å². The Morgan fingerprint density at radius 2 is 2.00 bits per heavy atom. The summed E-state index contributed by atoms with van der Waals surface area (Å²) in [5.74, 6) is 0. The maximum absolute atomic E-state index is 5.48. The van der Waals surface area contributed by atoms with E-state index >= 15 is 0 Å². The Morgan fingerprint density at radius 3 is 2.30 bits per heavy atom. The second-order valence-electron chi connectivity index (χ2n) is 1.81. The smallest absolute Gasteiger partial charge is 0.206 e. The van der Waals surface area contributed by atoms with Crippen molar-refractivity contribution in [3.05, 3.63) is 0 Å². The molecular formula is C4H5Cl3O3. The molecule has 0 N–H and O–H groups in total. The zero-order chi connectivity index (χ0) is 7.61. The summed E-state index contributed by atoms with van der Waals surface area (Å²) < 4.78 is -1.44. The summed E-state index contributed by atoms with van der Waals surface area (Å²) >= 11 is 16.4. The van der Waals surface area contributed by atoms with Crippen LogP contribution in [0.1, 0.15) is 6.42 Å². The molecule has 1 saturated heterocycles. The average molecular weight is 207 g/mol. The third-order valence-electron chi connectivity index (χ3n) is 1.03. The minimum absolute atomic E-state index is 0.374. The van der Waals surface area contributed by atoms with Gasteiger partial charge in [-0.25, -0.2) is 4.89 Å². The van der Waals surface area contributed by atoms with Crippen LogP contribution < -0.4 is 0 Å². The standard InChI is InChI=1S/C4H5Cl3O3/c5-4(6,7)3-1-2-8-10-9-3/h3H,1-2H2. The maximum atomic E-state index is 5.48. The lowest BCUT2D eigenvalue weighted by Gasteiger charge is -2.25. The summed E-state index contributed by atoms with van der Waals surface area (Å²) in [4.78, 5) is 8.92. The van der Waals surface area contributed by atoms with Crippen molar-refractivity contribution in [3.63, 3.8) is 0 Å². The summed E-state index contributed by atoms with van der Waals surface area (Å²) in [5, 5.41) is 4.16. The highest BCUT2D eigenvalue weighted by atomic mass is 35.6. The van der Waals surface area contributed by atoms with Crippen LogP contribution in [0.5, 0.6) is 0 Å². The van der Waals surface area contributed by atoms with Crippen molar-refractivity contribution in [1.29, 1.82) is 0 Å². The molecule has 0 aromatic carbocycles. The molecule has 1 rings (SSSR count). The van der Waals surface area contributed by atoms with Crippen LogP contribution in [0.3, 0.4) is 0 Å². The van der Waals surface area contributed by atoms with E-state index in [2.05, 4.69) is 14.8 Å². The summed E-state index contributed by atoms with van der Waals surface area (Å²) in [5.41, 5.74) is 0. The number of hydrogen-bond acceptors (Lipinski definition) is 3. The monoisotopic (exact) mass is 206 g/mol. The molecule has 0 spiro atoms. The van der Waals surface area contributed by atoms with Crippen molar-refractivity contribution in [2.75, 3.05) is 6.61 Å². The molecule has 1 heterocycles. The van der Waals surface area contributed by atoms with E-state index in [0.29, 0.717) is 13.0 Å². The third kappa shape index (κ3) is 2.42. The molecule has 0 aliphatic carbocycles. The molecule has 0 amide bonds. The van der Waals surface area contributed by atoms with Gasteiger partial charge in [-0.3, -0.25) is 0 Å². The van der Waals surface area contributed by atoms with Crippen molar-refractivity contribution in [2.24, 2.45) is 0 Å². The average Bonchev–Trinajstić information content (AvgIpc) is 1.88. The van der Waals surface area contributed by atoms with E-state index in [0.717, 1.165) is 0 Å². The van der Waals surface area contributed by atoms with Gasteiger partial charge < -0.3 is 0 Å². The zero-order valence-electron chi connectivity index (χ0n) is 4.85. The van der Waals surface area contributed by atoms with Crippen LogP contribution in [0.25, 0.3) is 0 Å². The fourth-order valence-electron chi connectivity index (χ4n) is 0.531. The molecule has 1 atom stereocenters. The van der Waals surface area contributed by atoms with E-state index in [1.165, 1.54) is 0 Å².